The second-order valence-electron chi connectivity index (χ2n) is 10.4. The highest BCUT2D eigenvalue weighted by molar-refractivity contribution is 5.98. The fraction of sp³-hybridized carbons (Fsp3) is 0.654. The van der Waals surface area contributed by atoms with Crippen LogP contribution in [0.4, 0.5) is 0 Å². The van der Waals surface area contributed by atoms with Crippen LogP contribution in [0.25, 0.3) is 11.0 Å². The molecule has 0 saturated carbocycles. The van der Waals surface area contributed by atoms with Gasteiger partial charge in [0.15, 0.2) is 0 Å². The number of likely N-dealkylation sites (tertiary alicyclic amines) is 1. The Kier molecular flexibility index (Phi) is 6.93. The van der Waals surface area contributed by atoms with Crippen LogP contribution in [0.3, 0.4) is 0 Å². The van der Waals surface area contributed by atoms with Crippen LogP contribution in [0, 0.1) is 11.8 Å². The van der Waals surface area contributed by atoms with Gasteiger partial charge in [-0.1, -0.05) is 30.2 Å². The summed E-state index contributed by atoms with van der Waals surface area (Å²) in [5, 5.41) is 20.3. The summed E-state index contributed by atoms with van der Waals surface area (Å²) in [6.45, 7) is 4.40. The Morgan fingerprint density at radius 2 is 2.00 bits per heavy atom. The van der Waals surface area contributed by atoms with Gasteiger partial charge in [-0.3, -0.25) is 14.4 Å². The number of benzene rings is 1. The van der Waals surface area contributed by atoms with E-state index in [4.69, 9.17) is 14.6 Å². The molecule has 0 radical (unpaired) electrons. The number of esters is 1. The van der Waals surface area contributed by atoms with Gasteiger partial charge in [-0.15, -0.1) is 5.10 Å². The molecule has 3 aliphatic heterocycles. The molecule has 3 aliphatic rings. The Labute approximate surface area is 215 Å². The summed E-state index contributed by atoms with van der Waals surface area (Å²) >= 11 is 0. The zero-order valence-electron chi connectivity index (χ0n) is 21.4. The minimum atomic E-state index is -1.08. The molecule has 2 bridgehead atoms. The molecule has 1 aromatic carbocycles. The first-order valence-electron chi connectivity index (χ1n) is 13.2. The molecule has 2 unspecified atom stereocenters. The maximum absolute atomic E-state index is 13.9. The van der Waals surface area contributed by atoms with Crippen molar-refractivity contribution >= 4 is 28.8 Å². The van der Waals surface area contributed by atoms with E-state index in [1.807, 2.05) is 31.2 Å². The molecule has 3 saturated heterocycles. The van der Waals surface area contributed by atoms with Crippen LogP contribution >= 0.6 is 0 Å². The van der Waals surface area contributed by atoms with E-state index in [9.17, 15) is 14.4 Å². The van der Waals surface area contributed by atoms with Crippen molar-refractivity contribution in [3.63, 3.8) is 0 Å². The summed E-state index contributed by atoms with van der Waals surface area (Å²) in [6, 6.07) is 6.61. The van der Waals surface area contributed by atoms with Crippen LogP contribution in [-0.4, -0.2) is 79.8 Å². The standard InChI is InChI=1S/C26H35N5O6/c1-3-36-24(35)20-19-23(34)30(14-8-4-5-9-15-32)21(26(19)13-12-25(20,2)37-26)22(33)27-16-31-18-11-7-6-10-17(18)28-29-31/h6-7,10-11,19-21,32H,3-5,8-9,12-16H2,1-2H3,(H,27,33)/t19-,20+,21?,25-,26?/m0/s1. The summed E-state index contributed by atoms with van der Waals surface area (Å²) < 4.78 is 13.5. The molecule has 11 nitrogen and oxygen atoms in total. The van der Waals surface area contributed by atoms with Gasteiger partial charge in [0, 0.05) is 13.2 Å². The lowest BCUT2D eigenvalue weighted by molar-refractivity contribution is -0.159. The van der Waals surface area contributed by atoms with Gasteiger partial charge in [0.05, 0.1) is 23.6 Å². The number of fused-ring (bicyclic) bond motifs is 2. The van der Waals surface area contributed by atoms with E-state index in [-0.39, 0.29) is 31.7 Å². The molecule has 4 heterocycles. The number of carbonyl (C=O) groups is 3. The minimum Gasteiger partial charge on any atom is -0.466 e. The number of aromatic nitrogens is 3. The quantitative estimate of drug-likeness (QED) is 0.340. The first kappa shape index (κ1) is 25.6. The molecule has 0 aliphatic carbocycles. The van der Waals surface area contributed by atoms with Crippen LogP contribution in [-0.2, 0) is 30.5 Å². The van der Waals surface area contributed by atoms with Crippen LogP contribution in [0.1, 0.15) is 52.4 Å². The van der Waals surface area contributed by atoms with E-state index in [2.05, 4.69) is 15.6 Å². The van der Waals surface area contributed by atoms with Crippen LogP contribution in [0.15, 0.2) is 24.3 Å². The summed E-state index contributed by atoms with van der Waals surface area (Å²) in [4.78, 5) is 42.3. The van der Waals surface area contributed by atoms with Crippen LogP contribution in [0.2, 0.25) is 0 Å². The Morgan fingerprint density at radius 1 is 1.22 bits per heavy atom. The third-order valence-corrected chi connectivity index (χ3v) is 8.20. The lowest BCUT2D eigenvalue weighted by Gasteiger charge is -2.33. The van der Waals surface area contributed by atoms with Crippen molar-refractivity contribution in [2.24, 2.45) is 11.8 Å². The zero-order valence-corrected chi connectivity index (χ0v) is 21.4. The zero-order chi connectivity index (χ0) is 26.2. The van der Waals surface area contributed by atoms with E-state index in [1.54, 1.807) is 16.5 Å². The Morgan fingerprint density at radius 3 is 2.78 bits per heavy atom. The Hall–Kier alpha value is -3.05. The third-order valence-electron chi connectivity index (χ3n) is 8.20. The second-order valence-corrected chi connectivity index (χ2v) is 10.4. The van der Waals surface area contributed by atoms with Gasteiger partial charge in [-0.2, -0.15) is 0 Å². The van der Waals surface area contributed by atoms with E-state index in [0.717, 1.165) is 23.9 Å². The fourth-order valence-electron chi connectivity index (χ4n) is 6.59. The first-order valence-corrected chi connectivity index (χ1v) is 13.2. The van der Waals surface area contributed by atoms with Gasteiger partial charge in [-0.25, -0.2) is 4.68 Å². The van der Waals surface area contributed by atoms with Gasteiger partial charge in [-0.05, 0) is 51.7 Å². The molecule has 1 spiro atoms. The molecule has 37 heavy (non-hydrogen) atoms. The largest absolute Gasteiger partial charge is 0.466 e. The Bertz CT molecular complexity index is 1190. The van der Waals surface area contributed by atoms with E-state index in [1.165, 1.54) is 0 Å². The normalized spacial score (nSPS) is 30.2. The predicted octanol–water partition coefficient (Wildman–Crippen LogP) is 1.39. The first-order chi connectivity index (χ1) is 17.9. The molecule has 2 N–H and O–H groups in total. The monoisotopic (exact) mass is 513 g/mol. The average Bonchev–Trinajstić information content (AvgIpc) is 3.58. The second kappa shape index (κ2) is 10.0. The highest BCUT2D eigenvalue weighted by Crippen LogP contribution is 2.63. The average molecular weight is 514 g/mol. The van der Waals surface area contributed by atoms with Gasteiger partial charge in [0.2, 0.25) is 11.8 Å². The molecule has 2 aromatic rings. The molecule has 11 heteroatoms. The molecule has 1 aromatic heterocycles. The Balaban J connectivity index is 1.41. The molecular formula is C26H35N5O6. The van der Waals surface area contributed by atoms with Crippen molar-refractivity contribution in [2.75, 3.05) is 19.8 Å². The molecular weight excluding hydrogens is 478 g/mol. The molecule has 5 rings (SSSR count). The van der Waals surface area contributed by atoms with Crippen molar-refractivity contribution in [3.8, 4) is 0 Å². The summed E-state index contributed by atoms with van der Waals surface area (Å²) in [7, 11) is 0. The summed E-state index contributed by atoms with van der Waals surface area (Å²) in [5.41, 5.74) is -0.419. The van der Waals surface area contributed by atoms with Crippen LogP contribution in [0.5, 0.6) is 0 Å². The van der Waals surface area contributed by atoms with Crippen molar-refractivity contribution in [1.82, 2.24) is 25.2 Å². The SMILES string of the molecule is CCOC(=O)[C@H]1[C@H]2C(=O)N(CCCCCCO)C(C(=O)NCn3nnc4ccccc43)C23CC[C@]1(C)O3. The molecule has 2 amide bonds. The summed E-state index contributed by atoms with van der Waals surface area (Å²) in [6.07, 6.45) is 4.13. The number of para-hydroxylation sites is 1. The van der Waals surface area contributed by atoms with Gasteiger partial charge in [0.25, 0.3) is 0 Å². The number of hydrogen-bond donors (Lipinski definition) is 2. The van der Waals surface area contributed by atoms with E-state index >= 15 is 0 Å². The van der Waals surface area contributed by atoms with Gasteiger partial charge >= 0.3 is 5.97 Å². The molecule has 3 fully saturated rings. The number of aliphatic hydroxyl groups is 1. The van der Waals surface area contributed by atoms with Crippen molar-refractivity contribution in [1.29, 1.82) is 0 Å². The van der Waals surface area contributed by atoms with Crippen LogP contribution < -0.4 is 5.32 Å². The van der Waals surface area contributed by atoms with Gasteiger partial charge in [0.1, 0.15) is 29.7 Å². The number of ether oxygens (including phenoxy) is 2. The maximum Gasteiger partial charge on any atom is 0.312 e. The number of nitrogens with one attached hydrogen (secondary N) is 1. The van der Waals surface area contributed by atoms with E-state index < -0.39 is 35.0 Å². The maximum atomic E-state index is 13.9. The third kappa shape index (κ3) is 4.17. The van der Waals surface area contributed by atoms with Gasteiger partial charge < -0.3 is 24.8 Å². The molecule has 200 valence electrons. The highest BCUT2D eigenvalue weighted by atomic mass is 16.6. The van der Waals surface area contributed by atoms with Crippen molar-refractivity contribution < 1.29 is 29.0 Å². The fourth-order valence-corrected chi connectivity index (χ4v) is 6.59. The number of rotatable bonds is 11. The smallest absolute Gasteiger partial charge is 0.312 e. The number of carbonyl (C=O) groups excluding carboxylic acids is 3. The predicted molar refractivity (Wildman–Crippen MR) is 132 cm³/mol. The number of nitrogens with zero attached hydrogens (tertiary/aromatic N) is 4. The number of aliphatic hydroxyl groups excluding tert-OH is 1. The van der Waals surface area contributed by atoms with Crippen molar-refractivity contribution in [2.45, 2.75) is 76.3 Å². The lowest BCUT2D eigenvalue weighted by Crippen LogP contribution is -2.55. The molecule has 5 atom stereocenters. The number of unbranched alkanes of at least 4 members (excludes halogenated alkanes) is 3. The summed E-state index contributed by atoms with van der Waals surface area (Å²) in [5.74, 6) is -2.51. The minimum absolute atomic E-state index is 0.0910. The van der Waals surface area contributed by atoms with Crippen molar-refractivity contribution in [3.05, 3.63) is 24.3 Å². The number of hydrogen-bond acceptors (Lipinski definition) is 8. The lowest BCUT2D eigenvalue weighted by atomic mass is 9.66. The highest BCUT2D eigenvalue weighted by Gasteiger charge is 2.78. The topological polar surface area (TPSA) is 136 Å². The van der Waals surface area contributed by atoms with E-state index in [0.29, 0.717) is 32.2 Å². The number of amides is 2.